The average Bonchev–Trinajstić information content (AvgIpc) is 2.29. The second-order valence-corrected chi connectivity index (χ2v) is 3.44. The molecule has 0 bridgehead atoms. The van der Waals surface area contributed by atoms with Crippen LogP contribution in [0.2, 0.25) is 0 Å². The zero-order valence-corrected chi connectivity index (χ0v) is 9.44. The molecule has 1 aromatic carbocycles. The van der Waals surface area contributed by atoms with Gasteiger partial charge >= 0.3 is 0 Å². The van der Waals surface area contributed by atoms with Gasteiger partial charge in [-0.1, -0.05) is 0 Å². The SMILES string of the molecule is COc1ccc(-c2nnc(C)nc2N)cc1F. The van der Waals surface area contributed by atoms with Crippen LogP contribution in [0.5, 0.6) is 5.75 Å². The number of methoxy groups -OCH3 is 1. The molecule has 0 aliphatic heterocycles. The van der Waals surface area contributed by atoms with Gasteiger partial charge in [-0.25, -0.2) is 9.37 Å². The zero-order chi connectivity index (χ0) is 12.4. The van der Waals surface area contributed by atoms with Crippen molar-refractivity contribution in [3.63, 3.8) is 0 Å². The summed E-state index contributed by atoms with van der Waals surface area (Å²) in [6.07, 6.45) is 0. The number of aromatic nitrogens is 3. The zero-order valence-electron chi connectivity index (χ0n) is 9.44. The van der Waals surface area contributed by atoms with Crippen molar-refractivity contribution in [2.45, 2.75) is 6.92 Å². The van der Waals surface area contributed by atoms with Crippen molar-refractivity contribution < 1.29 is 9.13 Å². The van der Waals surface area contributed by atoms with Crippen molar-refractivity contribution >= 4 is 5.82 Å². The molecule has 0 fully saturated rings. The summed E-state index contributed by atoms with van der Waals surface area (Å²) in [5.41, 5.74) is 6.58. The fourth-order valence-electron chi connectivity index (χ4n) is 1.44. The Morgan fingerprint density at radius 3 is 2.65 bits per heavy atom. The van der Waals surface area contributed by atoms with E-state index in [0.29, 0.717) is 17.1 Å². The van der Waals surface area contributed by atoms with E-state index in [1.54, 1.807) is 13.0 Å². The molecular formula is C11H11FN4O. The minimum Gasteiger partial charge on any atom is -0.494 e. The molecule has 0 unspecified atom stereocenters. The highest BCUT2D eigenvalue weighted by molar-refractivity contribution is 5.69. The summed E-state index contributed by atoms with van der Waals surface area (Å²) in [5, 5.41) is 7.69. The Kier molecular flexibility index (Phi) is 2.86. The molecule has 88 valence electrons. The van der Waals surface area contributed by atoms with Crippen LogP contribution in [0.15, 0.2) is 18.2 Å². The van der Waals surface area contributed by atoms with Gasteiger partial charge in [-0.05, 0) is 25.1 Å². The predicted octanol–water partition coefficient (Wildman–Crippen LogP) is 1.58. The highest BCUT2D eigenvalue weighted by Crippen LogP contribution is 2.26. The van der Waals surface area contributed by atoms with Crippen LogP contribution in [0.25, 0.3) is 11.3 Å². The van der Waals surface area contributed by atoms with E-state index in [1.807, 2.05) is 0 Å². The topological polar surface area (TPSA) is 73.9 Å². The number of nitrogen functional groups attached to an aromatic ring is 1. The Bertz CT molecular complexity index is 559. The Hall–Kier alpha value is -2.24. The molecule has 2 aromatic rings. The normalized spacial score (nSPS) is 10.3. The summed E-state index contributed by atoms with van der Waals surface area (Å²) in [6.45, 7) is 1.68. The number of hydrogen-bond acceptors (Lipinski definition) is 5. The Balaban J connectivity index is 2.50. The molecule has 0 saturated heterocycles. The van der Waals surface area contributed by atoms with Gasteiger partial charge in [-0.15, -0.1) is 10.2 Å². The van der Waals surface area contributed by atoms with Crippen LogP contribution in [-0.2, 0) is 0 Å². The predicted molar refractivity (Wildman–Crippen MR) is 60.9 cm³/mol. The Morgan fingerprint density at radius 2 is 2.06 bits per heavy atom. The lowest BCUT2D eigenvalue weighted by Crippen LogP contribution is -2.02. The van der Waals surface area contributed by atoms with Gasteiger partial charge in [0.25, 0.3) is 0 Å². The van der Waals surface area contributed by atoms with Crippen LogP contribution in [0.4, 0.5) is 10.2 Å². The van der Waals surface area contributed by atoms with Crippen molar-refractivity contribution in [2.24, 2.45) is 0 Å². The maximum absolute atomic E-state index is 13.5. The Morgan fingerprint density at radius 1 is 1.29 bits per heavy atom. The van der Waals surface area contributed by atoms with E-state index >= 15 is 0 Å². The number of halogens is 1. The molecule has 0 spiro atoms. The molecule has 5 nitrogen and oxygen atoms in total. The lowest BCUT2D eigenvalue weighted by Gasteiger charge is -2.06. The minimum absolute atomic E-state index is 0.167. The van der Waals surface area contributed by atoms with Crippen molar-refractivity contribution in [2.75, 3.05) is 12.8 Å². The van der Waals surface area contributed by atoms with Gasteiger partial charge in [0.1, 0.15) is 11.5 Å². The molecule has 0 saturated carbocycles. The number of rotatable bonds is 2. The second kappa shape index (κ2) is 4.32. The molecule has 17 heavy (non-hydrogen) atoms. The summed E-state index contributed by atoms with van der Waals surface area (Å²) in [7, 11) is 1.40. The van der Waals surface area contributed by atoms with Crippen molar-refractivity contribution in [1.29, 1.82) is 0 Å². The first kappa shape index (κ1) is 11.3. The van der Waals surface area contributed by atoms with Crippen LogP contribution in [0.3, 0.4) is 0 Å². The average molecular weight is 234 g/mol. The summed E-state index contributed by atoms with van der Waals surface area (Å²) < 4.78 is 18.3. The summed E-state index contributed by atoms with van der Waals surface area (Å²) >= 11 is 0. The smallest absolute Gasteiger partial charge is 0.165 e. The van der Waals surface area contributed by atoms with E-state index in [9.17, 15) is 4.39 Å². The fourth-order valence-corrected chi connectivity index (χ4v) is 1.44. The number of nitrogens with zero attached hydrogens (tertiary/aromatic N) is 3. The van der Waals surface area contributed by atoms with Gasteiger partial charge in [0.05, 0.1) is 7.11 Å². The van der Waals surface area contributed by atoms with E-state index in [4.69, 9.17) is 10.5 Å². The standard InChI is InChI=1S/C11H11FN4O/c1-6-14-11(13)10(16-15-6)7-3-4-9(17-2)8(12)5-7/h3-5H,1-2H3,(H2,13,14,15). The highest BCUT2D eigenvalue weighted by atomic mass is 19.1. The first-order valence-electron chi connectivity index (χ1n) is 4.92. The fraction of sp³-hybridized carbons (Fsp3) is 0.182. The molecule has 0 radical (unpaired) electrons. The molecule has 6 heteroatoms. The maximum atomic E-state index is 13.5. The molecule has 0 aliphatic rings. The maximum Gasteiger partial charge on any atom is 0.165 e. The summed E-state index contributed by atoms with van der Waals surface area (Å²) in [5.74, 6) is 0.384. The van der Waals surface area contributed by atoms with E-state index in [0.717, 1.165) is 0 Å². The van der Waals surface area contributed by atoms with Gasteiger partial charge in [0.15, 0.2) is 17.4 Å². The monoisotopic (exact) mass is 234 g/mol. The number of benzene rings is 1. The van der Waals surface area contributed by atoms with Gasteiger partial charge < -0.3 is 10.5 Å². The van der Waals surface area contributed by atoms with Crippen LogP contribution < -0.4 is 10.5 Å². The first-order valence-corrected chi connectivity index (χ1v) is 4.92. The largest absolute Gasteiger partial charge is 0.494 e. The lowest BCUT2D eigenvalue weighted by molar-refractivity contribution is 0.386. The van der Waals surface area contributed by atoms with Gasteiger partial charge in [-0.3, -0.25) is 0 Å². The molecule has 2 N–H and O–H groups in total. The molecule has 1 aromatic heterocycles. The van der Waals surface area contributed by atoms with Crippen LogP contribution in [0, 0.1) is 12.7 Å². The van der Waals surface area contributed by atoms with Gasteiger partial charge in [-0.2, -0.15) is 0 Å². The number of anilines is 1. The third kappa shape index (κ3) is 2.15. The minimum atomic E-state index is -0.480. The molecule has 0 aliphatic carbocycles. The van der Waals surface area contributed by atoms with Crippen LogP contribution in [-0.4, -0.2) is 22.3 Å². The van der Waals surface area contributed by atoms with Crippen molar-refractivity contribution in [3.05, 3.63) is 29.8 Å². The van der Waals surface area contributed by atoms with E-state index in [2.05, 4.69) is 15.2 Å². The molecule has 0 amide bonds. The first-order chi connectivity index (χ1) is 8.11. The third-order valence-electron chi connectivity index (χ3n) is 2.24. The van der Waals surface area contributed by atoms with Gasteiger partial charge in [0.2, 0.25) is 0 Å². The highest BCUT2D eigenvalue weighted by Gasteiger charge is 2.10. The number of hydrogen-bond donors (Lipinski definition) is 1. The molecule has 1 heterocycles. The molecular weight excluding hydrogens is 223 g/mol. The lowest BCUT2D eigenvalue weighted by atomic mass is 10.1. The number of ether oxygens (including phenoxy) is 1. The van der Waals surface area contributed by atoms with Crippen molar-refractivity contribution in [3.8, 4) is 17.0 Å². The second-order valence-electron chi connectivity index (χ2n) is 3.44. The van der Waals surface area contributed by atoms with E-state index in [1.165, 1.54) is 19.2 Å². The van der Waals surface area contributed by atoms with E-state index in [-0.39, 0.29) is 11.6 Å². The number of nitrogens with two attached hydrogens (primary N) is 1. The summed E-state index contributed by atoms with van der Waals surface area (Å²) in [4.78, 5) is 3.97. The third-order valence-corrected chi connectivity index (χ3v) is 2.24. The van der Waals surface area contributed by atoms with Gasteiger partial charge in [0, 0.05) is 5.56 Å². The van der Waals surface area contributed by atoms with Crippen LogP contribution in [0.1, 0.15) is 5.82 Å². The number of aryl methyl sites for hydroxylation is 1. The van der Waals surface area contributed by atoms with E-state index < -0.39 is 5.82 Å². The summed E-state index contributed by atoms with van der Waals surface area (Å²) in [6, 6.07) is 4.45. The molecule has 2 rings (SSSR count). The van der Waals surface area contributed by atoms with Crippen molar-refractivity contribution in [1.82, 2.24) is 15.2 Å². The molecule has 0 atom stereocenters. The van der Waals surface area contributed by atoms with Crippen LogP contribution >= 0.6 is 0 Å². The quantitative estimate of drug-likeness (QED) is 0.853. The Labute approximate surface area is 97.5 Å².